The molecule has 0 aliphatic heterocycles. The monoisotopic (exact) mass is 351 g/mol. The van der Waals surface area contributed by atoms with Gasteiger partial charge in [0.15, 0.2) is 17.6 Å². The van der Waals surface area contributed by atoms with E-state index in [1.54, 1.807) is 19.4 Å². The van der Waals surface area contributed by atoms with E-state index in [9.17, 15) is 8.78 Å². The molecule has 0 bridgehead atoms. The third kappa shape index (κ3) is 6.54. The number of nitrogens with zero attached hydrogens (tertiary/aromatic N) is 1. The van der Waals surface area contributed by atoms with Gasteiger partial charge in [0.2, 0.25) is 0 Å². The predicted octanol–water partition coefficient (Wildman–Crippen LogP) is 2.87. The minimum atomic E-state index is -0.824. The normalized spacial score (nSPS) is 11.6. The summed E-state index contributed by atoms with van der Waals surface area (Å²) in [6.07, 6.45) is 2.79. The number of hydrogen-bond donors (Lipinski definition) is 2. The molecule has 0 radical (unpaired) electrons. The number of nitrogens with one attached hydrogen (secondary N) is 2. The van der Waals surface area contributed by atoms with Crippen LogP contribution in [0.1, 0.15) is 17.7 Å². The van der Waals surface area contributed by atoms with Gasteiger partial charge in [0, 0.05) is 26.7 Å². The SMILES string of the molecule is CN=C(NCCCOCc1ccco1)NCCc1cccc(F)c1F. The van der Waals surface area contributed by atoms with E-state index in [0.29, 0.717) is 44.2 Å². The fourth-order valence-electron chi connectivity index (χ4n) is 2.23. The van der Waals surface area contributed by atoms with Crippen LogP contribution in [0.3, 0.4) is 0 Å². The molecule has 136 valence electrons. The van der Waals surface area contributed by atoms with Gasteiger partial charge in [-0.3, -0.25) is 4.99 Å². The lowest BCUT2D eigenvalue weighted by Gasteiger charge is -2.12. The van der Waals surface area contributed by atoms with Crippen molar-refractivity contribution in [3.05, 3.63) is 59.6 Å². The second-order valence-corrected chi connectivity index (χ2v) is 5.37. The molecule has 2 rings (SSSR count). The summed E-state index contributed by atoms with van der Waals surface area (Å²) in [5.74, 6) is -0.201. The average molecular weight is 351 g/mol. The zero-order valence-corrected chi connectivity index (χ0v) is 14.2. The fourth-order valence-corrected chi connectivity index (χ4v) is 2.23. The number of guanidine groups is 1. The van der Waals surface area contributed by atoms with Gasteiger partial charge < -0.3 is 19.8 Å². The highest BCUT2D eigenvalue weighted by Crippen LogP contribution is 2.11. The Morgan fingerprint density at radius 1 is 1.16 bits per heavy atom. The molecule has 5 nitrogen and oxygen atoms in total. The van der Waals surface area contributed by atoms with Gasteiger partial charge in [-0.25, -0.2) is 8.78 Å². The van der Waals surface area contributed by atoms with Gasteiger partial charge in [-0.2, -0.15) is 0 Å². The number of rotatable bonds is 9. The second kappa shape index (κ2) is 10.5. The maximum absolute atomic E-state index is 13.6. The quantitative estimate of drug-likeness (QED) is 0.414. The van der Waals surface area contributed by atoms with Crippen LogP contribution in [0.2, 0.25) is 0 Å². The van der Waals surface area contributed by atoms with Gasteiger partial charge in [-0.1, -0.05) is 12.1 Å². The van der Waals surface area contributed by atoms with Crippen LogP contribution in [-0.2, 0) is 17.8 Å². The Balaban J connectivity index is 1.58. The number of furan rings is 1. The molecule has 0 unspecified atom stereocenters. The molecule has 1 aromatic carbocycles. The average Bonchev–Trinajstić information content (AvgIpc) is 3.13. The standard InChI is InChI=1S/C18H23F2N3O2/c1-21-18(22-9-4-11-24-13-15-6-3-12-25-15)23-10-8-14-5-2-7-16(19)17(14)20/h2-3,5-7,12H,4,8-11,13H2,1H3,(H2,21,22,23). The van der Waals surface area contributed by atoms with Gasteiger partial charge in [-0.05, 0) is 36.6 Å². The summed E-state index contributed by atoms with van der Waals surface area (Å²) in [7, 11) is 1.66. The highest BCUT2D eigenvalue weighted by atomic mass is 19.2. The van der Waals surface area contributed by atoms with E-state index >= 15 is 0 Å². The van der Waals surface area contributed by atoms with Crippen LogP contribution in [0.25, 0.3) is 0 Å². The van der Waals surface area contributed by atoms with Crippen LogP contribution >= 0.6 is 0 Å². The molecule has 1 aromatic heterocycles. The number of aliphatic imine (C=N–C) groups is 1. The Bertz CT molecular complexity index is 660. The summed E-state index contributed by atoms with van der Waals surface area (Å²) in [6.45, 7) is 2.19. The molecule has 25 heavy (non-hydrogen) atoms. The van der Waals surface area contributed by atoms with Gasteiger partial charge in [0.1, 0.15) is 12.4 Å². The molecule has 0 aliphatic carbocycles. The van der Waals surface area contributed by atoms with Crippen LogP contribution in [0.15, 0.2) is 46.0 Å². The first-order chi connectivity index (χ1) is 12.2. The van der Waals surface area contributed by atoms with Crippen LogP contribution in [0.5, 0.6) is 0 Å². The summed E-state index contributed by atoms with van der Waals surface area (Å²) < 4.78 is 37.4. The van der Waals surface area contributed by atoms with E-state index in [0.717, 1.165) is 18.2 Å². The van der Waals surface area contributed by atoms with E-state index in [1.165, 1.54) is 6.07 Å². The van der Waals surface area contributed by atoms with E-state index in [-0.39, 0.29) is 0 Å². The van der Waals surface area contributed by atoms with Gasteiger partial charge in [-0.15, -0.1) is 0 Å². The van der Waals surface area contributed by atoms with Gasteiger partial charge in [0.05, 0.1) is 6.26 Å². The Hall–Kier alpha value is -2.41. The molecule has 7 heteroatoms. The van der Waals surface area contributed by atoms with Crippen molar-refractivity contribution in [1.82, 2.24) is 10.6 Å². The van der Waals surface area contributed by atoms with Crippen LogP contribution in [-0.4, -0.2) is 32.7 Å². The van der Waals surface area contributed by atoms with Gasteiger partial charge in [0.25, 0.3) is 0 Å². The Kier molecular flexibility index (Phi) is 7.91. The zero-order valence-electron chi connectivity index (χ0n) is 14.2. The summed E-state index contributed by atoms with van der Waals surface area (Å²) in [5, 5.41) is 6.21. The predicted molar refractivity (Wildman–Crippen MR) is 92.4 cm³/mol. The Labute approximate surface area is 146 Å². The molecule has 0 spiro atoms. The second-order valence-electron chi connectivity index (χ2n) is 5.37. The highest BCUT2D eigenvalue weighted by molar-refractivity contribution is 5.79. The smallest absolute Gasteiger partial charge is 0.190 e. The van der Waals surface area contributed by atoms with E-state index < -0.39 is 11.6 Å². The topological polar surface area (TPSA) is 58.8 Å². The first-order valence-corrected chi connectivity index (χ1v) is 8.18. The molecule has 0 fully saturated rings. The maximum atomic E-state index is 13.6. The lowest BCUT2D eigenvalue weighted by Crippen LogP contribution is -2.39. The van der Waals surface area contributed by atoms with Crippen LogP contribution in [0.4, 0.5) is 8.78 Å². The molecule has 0 atom stereocenters. The molecule has 2 aromatic rings. The summed E-state index contributed by atoms with van der Waals surface area (Å²) in [6, 6.07) is 7.88. The molecular formula is C18H23F2N3O2. The summed E-state index contributed by atoms with van der Waals surface area (Å²) in [5.41, 5.74) is 0.342. The molecule has 0 aliphatic rings. The van der Waals surface area contributed by atoms with E-state index in [1.807, 2.05) is 12.1 Å². The first-order valence-electron chi connectivity index (χ1n) is 8.18. The number of hydrogen-bond acceptors (Lipinski definition) is 3. The maximum Gasteiger partial charge on any atom is 0.190 e. The third-order valence-corrected chi connectivity index (χ3v) is 3.52. The molecule has 2 N–H and O–H groups in total. The minimum absolute atomic E-state index is 0.342. The molecule has 0 saturated carbocycles. The van der Waals surface area contributed by atoms with Crippen molar-refractivity contribution in [2.45, 2.75) is 19.4 Å². The van der Waals surface area contributed by atoms with Crippen molar-refractivity contribution in [1.29, 1.82) is 0 Å². The van der Waals surface area contributed by atoms with E-state index in [4.69, 9.17) is 9.15 Å². The van der Waals surface area contributed by atoms with Crippen molar-refractivity contribution in [3.63, 3.8) is 0 Å². The Morgan fingerprint density at radius 2 is 2.00 bits per heavy atom. The number of ether oxygens (including phenoxy) is 1. The zero-order chi connectivity index (χ0) is 17.9. The van der Waals surface area contributed by atoms with Crippen molar-refractivity contribution in [2.24, 2.45) is 4.99 Å². The summed E-state index contributed by atoms with van der Waals surface area (Å²) in [4.78, 5) is 4.09. The lowest BCUT2D eigenvalue weighted by atomic mass is 10.1. The van der Waals surface area contributed by atoms with Crippen molar-refractivity contribution in [3.8, 4) is 0 Å². The largest absolute Gasteiger partial charge is 0.467 e. The molecule has 0 amide bonds. The highest BCUT2D eigenvalue weighted by Gasteiger charge is 2.07. The summed E-state index contributed by atoms with van der Waals surface area (Å²) >= 11 is 0. The fraction of sp³-hybridized carbons (Fsp3) is 0.389. The van der Waals surface area contributed by atoms with E-state index in [2.05, 4.69) is 15.6 Å². The number of benzene rings is 1. The van der Waals surface area contributed by atoms with Gasteiger partial charge >= 0.3 is 0 Å². The Morgan fingerprint density at radius 3 is 2.76 bits per heavy atom. The lowest BCUT2D eigenvalue weighted by molar-refractivity contribution is 0.105. The number of halogens is 2. The molecule has 0 saturated heterocycles. The molecular weight excluding hydrogens is 328 g/mol. The van der Waals surface area contributed by atoms with Crippen molar-refractivity contribution in [2.75, 3.05) is 26.7 Å². The first kappa shape index (κ1) is 18.9. The van der Waals surface area contributed by atoms with Crippen LogP contribution < -0.4 is 10.6 Å². The minimum Gasteiger partial charge on any atom is -0.467 e. The van der Waals surface area contributed by atoms with Crippen molar-refractivity contribution < 1.29 is 17.9 Å². The van der Waals surface area contributed by atoms with Crippen molar-refractivity contribution >= 4 is 5.96 Å². The molecule has 1 heterocycles. The third-order valence-electron chi connectivity index (χ3n) is 3.52. The van der Waals surface area contributed by atoms with Crippen LogP contribution in [0, 0.1) is 11.6 Å².